The fourth-order valence-corrected chi connectivity index (χ4v) is 3.74. The molecule has 1 heterocycles. The van der Waals surface area contributed by atoms with Crippen molar-refractivity contribution in [3.63, 3.8) is 0 Å². The van der Waals surface area contributed by atoms with Gasteiger partial charge in [-0.3, -0.25) is 0 Å². The molecular formula is C19H28N6S. The highest BCUT2D eigenvalue weighted by Gasteiger charge is 2.22. The summed E-state index contributed by atoms with van der Waals surface area (Å²) in [6.07, 6.45) is 4.36. The molecular weight excluding hydrogens is 344 g/mol. The summed E-state index contributed by atoms with van der Waals surface area (Å²) in [6, 6.07) is 9.00. The predicted octanol–water partition coefficient (Wildman–Crippen LogP) is 2.90. The number of rotatable bonds is 5. The Morgan fingerprint density at radius 2 is 1.81 bits per heavy atom. The highest BCUT2D eigenvalue weighted by Crippen LogP contribution is 2.26. The van der Waals surface area contributed by atoms with Gasteiger partial charge >= 0.3 is 0 Å². The molecule has 0 atom stereocenters. The number of hydrogen-bond acceptors (Lipinski definition) is 5. The van der Waals surface area contributed by atoms with Crippen molar-refractivity contribution < 1.29 is 0 Å². The van der Waals surface area contributed by atoms with Crippen molar-refractivity contribution in [2.24, 2.45) is 0 Å². The fraction of sp³-hybridized carbons (Fsp3) is 0.526. The van der Waals surface area contributed by atoms with Gasteiger partial charge in [-0.15, -0.1) is 0 Å². The molecule has 2 aromatic rings. The summed E-state index contributed by atoms with van der Waals surface area (Å²) < 4.78 is 0. The number of fused-ring (bicyclic) bond motifs is 1. The lowest BCUT2D eigenvalue weighted by Gasteiger charge is -2.30. The van der Waals surface area contributed by atoms with Crippen LogP contribution >= 0.6 is 12.2 Å². The normalized spacial score (nSPS) is 19.8. The van der Waals surface area contributed by atoms with Crippen LogP contribution in [0.4, 0.5) is 11.8 Å². The number of para-hydroxylation sites is 1. The Kier molecular flexibility index (Phi) is 6.08. The summed E-state index contributed by atoms with van der Waals surface area (Å²) in [6.45, 7) is 2.91. The van der Waals surface area contributed by atoms with Crippen molar-refractivity contribution in [2.75, 3.05) is 30.9 Å². The van der Waals surface area contributed by atoms with E-state index in [2.05, 4.69) is 28.9 Å². The van der Waals surface area contributed by atoms with Gasteiger partial charge in [0.05, 0.1) is 5.52 Å². The highest BCUT2D eigenvalue weighted by atomic mass is 32.1. The first-order valence-corrected chi connectivity index (χ1v) is 9.72. The molecule has 3 rings (SSSR count). The molecule has 0 bridgehead atoms. The second-order valence-electron chi connectivity index (χ2n) is 6.98. The molecule has 0 spiro atoms. The summed E-state index contributed by atoms with van der Waals surface area (Å²) >= 11 is 5.29. The molecule has 0 aliphatic heterocycles. The van der Waals surface area contributed by atoms with Gasteiger partial charge in [0, 0.05) is 38.1 Å². The Balaban J connectivity index is 1.64. The van der Waals surface area contributed by atoms with Crippen LogP contribution in [-0.4, -0.2) is 47.8 Å². The van der Waals surface area contributed by atoms with Gasteiger partial charge in [0.1, 0.15) is 5.82 Å². The maximum absolute atomic E-state index is 5.29. The molecule has 0 unspecified atom stereocenters. The summed E-state index contributed by atoms with van der Waals surface area (Å²) in [7, 11) is 4.03. The minimum atomic E-state index is 0.400. The number of anilines is 2. The van der Waals surface area contributed by atoms with E-state index in [0.29, 0.717) is 18.0 Å². The Morgan fingerprint density at radius 3 is 2.50 bits per heavy atom. The summed E-state index contributed by atoms with van der Waals surface area (Å²) in [5, 5.41) is 11.9. The Bertz CT molecular complexity index is 755. The second-order valence-corrected chi connectivity index (χ2v) is 7.39. The lowest BCUT2D eigenvalue weighted by molar-refractivity contribution is 0.385. The zero-order valence-electron chi connectivity index (χ0n) is 15.7. The summed E-state index contributed by atoms with van der Waals surface area (Å²) in [4.78, 5) is 11.5. The van der Waals surface area contributed by atoms with Crippen molar-refractivity contribution in [3.05, 3.63) is 24.3 Å². The lowest BCUT2D eigenvalue weighted by Crippen LogP contribution is -2.44. The van der Waals surface area contributed by atoms with Gasteiger partial charge in [-0.25, -0.2) is 4.98 Å². The first kappa shape index (κ1) is 18.6. The predicted molar refractivity (Wildman–Crippen MR) is 113 cm³/mol. The zero-order valence-corrected chi connectivity index (χ0v) is 16.6. The molecule has 3 N–H and O–H groups in total. The monoisotopic (exact) mass is 372 g/mol. The molecule has 1 aromatic carbocycles. The van der Waals surface area contributed by atoms with Gasteiger partial charge in [0.25, 0.3) is 0 Å². The van der Waals surface area contributed by atoms with E-state index in [-0.39, 0.29) is 0 Å². The quantitative estimate of drug-likeness (QED) is 0.698. The van der Waals surface area contributed by atoms with Crippen molar-refractivity contribution in [3.8, 4) is 0 Å². The first-order valence-electron chi connectivity index (χ1n) is 9.31. The van der Waals surface area contributed by atoms with E-state index in [4.69, 9.17) is 22.2 Å². The van der Waals surface area contributed by atoms with Crippen LogP contribution in [0, 0.1) is 0 Å². The minimum absolute atomic E-state index is 0.400. The van der Waals surface area contributed by atoms with Gasteiger partial charge in [-0.1, -0.05) is 12.1 Å². The number of aromatic nitrogens is 2. The molecule has 1 fully saturated rings. The fourth-order valence-electron chi connectivity index (χ4n) is 3.43. The molecule has 1 aliphatic rings. The van der Waals surface area contributed by atoms with Crippen LogP contribution in [-0.2, 0) is 0 Å². The topological polar surface area (TPSA) is 65.1 Å². The third-order valence-electron chi connectivity index (χ3n) is 4.74. The minimum Gasteiger partial charge on any atom is -0.363 e. The molecule has 140 valence electrons. The zero-order chi connectivity index (χ0) is 18.5. The van der Waals surface area contributed by atoms with Crippen LogP contribution in [0.25, 0.3) is 10.9 Å². The molecule has 0 saturated heterocycles. The second kappa shape index (κ2) is 8.49. The molecule has 1 aliphatic carbocycles. The van der Waals surface area contributed by atoms with Crippen LogP contribution in [0.3, 0.4) is 0 Å². The van der Waals surface area contributed by atoms with E-state index in [1.54, 1.807) is 0 Å². The average Bonchev–Trinajstić information content (AvgIpc) is 2.63. The molecule has 0 radical (unpaired) electrons. The van der Waals surface area contributed by atoms with Crippen molar-refractivity contribution in [1.82, 2.24) is 20.6 Å². The van der Waals surface area contributed by atoms with Gasteiger partial charge in [-0.05, 0) is 57.0 Å². The Morgan fingerprint density at radius 1 is 1.12 bits per heavy atom. The number of thiocarbonyl (C=S) groups is 1. The number of benzene rings is 1. The number of hydrogen-bond donors (Lipinski definition) is 3. The molecule has 7 heteroatoms. The molecule has 1 aromatic heterocycles. The first-order chi connectivity index (χ1) is 12.6. The van der Waals surface area contributed by atoms with E-state index >= 15 is 0 Å². The SMILES string of the molecule is CCNC(=S)NC1CCC(Nc2nc(N(C)C)c3ccccc3n2)CC1. The van der Waals surface area contributed by atoms with Crippen LogP contribution in [0.5, 0.6) is 0 Å². The van der Waals surface area contributed by atoms with Gasteiger partial charge in [-0.2, -0.15) is 4.98 Å². The van der Waals surface area contributed by atoms with Crippen molar-refractivity contribution >= 4 is 40.0 Å². The van der Waals surface area contributed by atoms with Crippen LogP contribution in [0.1, 0.15) is 32.6 Å². The van der Waals surface area contributed by atoms with Gasteiger partial charge in [0.2, 0.25) is 5.95 Å². The molecule has 1 saturated carbocycles. The van der Waals surface area contributed by atoms with Gasteiger partial charge < -0.3 is 20.9 Å². The standard InChI is InChI=1S/C19H28N6S/c1-4-20-19(26)22-14-11-9-13(10-12-14)21-18-23-16-8-6-5-7-15(16)17(24-18)25(2)3/h5-8,13-14H,4,9-12H2,1-3H3,(H2,20,22,26)(H,21,23,24). The Hall–Kier alpha value is -2.15. The molecule has 26 heavy (non-hydrogen) atoms. The van der Waals surface area contributed by atoms with E-state index in [0.717, 1.165) is 54.1 Å². The smallest absolute Gasteiger partial charge is 0.225 e. The van der Waals surface area contributed by atoms with Crippen LogP contribution in [0.15, 0.2) is 24.3 Å². The summed E-state index contributed by atoms with van der Waals surface area (Å²) in [5.41, 5.74) is 0.972. The molecule has 0 amide bonds. The maximum atomic E-state index is 5.29. The lowest BCUT2D eigenvalue weighted by atomic mass is 9.91. The average molecular weight is 373 g/mol. The van der Waals surface area contributed by atoms with E-state index in [9.17, 15) is 0 Å². The van der Waals surface area contributed by atoms with E-state index < -0.39 is 0 Å². The number of nitrogens with zero attached hydrogens (tertiary/aromatic N) is 3. The third-order valence-corrected chi connectivity index (χ3v) is 5.00. The van der Waals surface area contributed by atoms with Crippen LogP contribution in [0.2, 0.25) is 0 Å². The van der Waals surface area contributed by atoms with Crippen molar-refractivity contribution in [2.45, 2.75) is 44.7 Å². The largest absolute Gasteiger partial charge is 0.363 e. The van der Waals surface area contributed by atoms with Crippen LogP contribution < -0.4 is 20.9 Å². The molecule has 6 nitrogen and oxygen atoms in total. The maximum Gasteiger partial charge on any atom is 0.225 e. The van der Waals surface area contributed by atoms with E-state index in [1.807, 2.05) is 37.2 Å². The van der Waals surface area contributed by atoms with Crippen molar-refractivity contribution in [1.29, 1.82) is 0 Å². The highest BCUT2D eigenvalue weighted by molar-refractivity contribution is 7.80. The third kappa shape index (κ3) is 4.52. The summed E-state index contributed by atoms with van der Waals surface area (Å²) in [5.74, 6) is 1.66. The van der Waals surface area contributed by atoms with Gasteiger partial charge in [0.15, 0.2) is 5.11 Å². The van der Waals surface area contributed by atoms with E-state index in [1.165, 1.54) is 0 Å². The number of nitrogens with one attached hydrogen (secondary N) is 3. The Labute approximate surface area is 160 Å².